The van der Waals surface area contributed by atoms with Crippen LogP contribution >= 0.6 is 0 Å². The molecule has 0 spiro atoms. The van der Waals surface area contributed by atoms with E-state index in [-0.39, 0.29) is 23.8 Å². The van der Waals surface area contributed by atoms with Crippen molar-refractivity contribution in [2.75, 3.05) is 6.54 Å². The van der Waals surface area contributed by atoms with E-state index in [1.165, 1.54) is 19.3 Å². The Morgan fingerprint density at radius 3 is 2.45 bits per heavy atom. The number of hydrogen-bond acceptors (Lipinski definition) is 2. The quantitative estimate of drug-likeness (QED) is 0.840. The fraction of sp³-hybridized carbons (Fsp3) is 0.875. The lowest BCUT2D eigenvalue weighted by atomic mass is 9.81. The molecule has 1 N–H and O–H groups in total. The average Bonchev–Trinajstić information content (AvgIpc) is 2.39. The van der Waals surface area contributed by atoms with Crippen molar-refractivity contribution < 1.29 is 9.59 Å². The molecule has 114 valence electrons. The van der Waals surface area contributed by atoms with Gasteiger partial charge in [-0.15, -0.1) is 0 Å². The molecule has 3 unspecified atom stereocenters. The second-order valence-electron chi connectivity index (χ2n) is 6.71. The molecule has 1 aliphatic carbocycles. The molecule has 2 rings (SSSR count). The topological polar surface area (TPSA) is 49.4 Å². The van der Waals surface area contributed by atoms with Gasteiger partial charge in [-0.3, -0.25) is 9.59 Å². The van der Waals surface area contributed by atoms with Crippen LogP contribution in [0.5, 0.6) is 0 Å². The van der Waals surface area contributed by atoms with Gasteiger partial charge in [0.2, 0.25) is 11.8 Å². The molecule has 1 saturated heterocycles. The molecule has 2 fully saturated rings. The van der Waals surface area contributed by atoms with Gasteiger partial charge in [-0.1, -0.05) is 33.6 Å². The first-order valence-electron chi connectivity index (χ1n) is 8.06. The van der Waals surface area contributed by atoms with Crippen LogP contribution in [0.1, 0.15) is 59.8 Å². The van der Waals surface area contributed by atoms with Crippen molar-refractivity contribution in [1.82, 2.24) is 10.2 Å². The highest BCUT2D eigenvalue weighted by atomic mass is 16.2. The second-order valence-corrected chi connectivity index (χ2v) is 6.71. The zero-order chi connectivity index (χ0) is 14.9. The molecule has 1 aliphatic heterocycles. The summed E-state index contributed by atoms with van der Waals surface area (Å²) in [5.41, 5.74) is -0.670. The van der Waals surface area contributed by atoms with E-state index in [0.717, 1.165) is 13.0 Å². The van der Waals surface area contributed by atoms with E-state index < -0.39 is 5.54 Å². The Labute approximate surface area is 122 Å². The fourth-order valence-corrected chi connectivity index (χ4v) is 3.09. The zero-order valence-electron chi connectivity index (χ0n) is 13.2. The predicted molar refractivity (Wildman–Crippen MR) is 79.1 cm³/mol. The summed E-state index contributed by atoms with van der Waals surface area (Å²) in [6, 6.07) is -0.341. The lowest BCUT2D eigenvalue weighted by Gasteiger charge is -2.49. The van der Waals surface area contributed by atoms with Gasteiger partial charge in [-0.2, -0.15) is 0 Å². The van der Waals surface area contributed by atoms with Crippen molar-refractivity contribution in [3.63, 3.8) is 0 Å². The molecule has 1 heterocycles. The third-order valence-corrected chi connectivity index (χ3v) is 5.47. The summed E-state index contributed by atoms with van der Waals surface area (Å²) in [5.74, 6) is 0.921. The number of carbonyl (C=O) groups is 2. The van der Waals surface area contributed by atoms with Crippen molar-refractivity contribution in [3.8, 4) is 0 Å². The molecule has 4 heteroatoms. The van der Waals surface area contributed by atoms with Crippen molar-refractivity contribution in [2.45, 2.75) is 71.4 Å². The summed E-state index contributed by atoms with van der Waals surface area (Å²) in [6.07, 6.45) is 5.22. The van der Waals surface area contributed by atoms with Gasteiger partial charge in [0.05, 0.1) is 0 Å². The molecule has 2 amide bonds. The van der Waals surface area contributed by atoms with Gasteiger partial charge in [0.25, 0.3) is 0 Å². The Bertz CT molecular complexity index is 392. The lowest BCUT2D eigenvalue weighted by molar-refractivity contribution is -0.159. The molecular formula is C16H28N2O2. The van der Waals surface area contributed by atoms with Crippen molar-refractivity contribution in [1.29, 1.82) is 0 Å². The van der Waals surface area contributed by atoms with E-state index in [1.807, 2.05) is 25.7 Å². The van der Waals surface area contributed by atoms with Crippen LogP contribution in [-0.4, -0.2) is 34.8 Å². The summed E-state index contributed by atoms with van der Waals surface area (Å²) in [7, 11) is 0. The maximum atomic E-state index is 12.8. The van der Waals surface area contributed by atoms with Crippen LogP contribution in [0.3, 0.4) is 0 Å². The normalized spacial score (nSPS) is 32.8. The number of nitrogens with one attached hydrogen (secondary N) is 1. The Morgan fingerprint density at radius 1 is 1.35 bits per heavy atom. The standard InChI is InChI=1S/C16H28N2O2/c1-5-11(3)13-14(19)18(10-12-8-7-9-12)16(4,6-2)15(20)17-13/h11-13H,5-10H2,1-4H3,(H,17,20). The minimum atomic E-state index is -0.670. The van der Waals surface area contributed by atoms with E-state index >= 15 is 0 Å². The van der Waals surface area contributed by atoms with Gasteiger partial charge >= 0.3 is 0 Å². The maximum absolute atomic E-state index is 12.8. The molecule has 0 aromatic rings. The van der Waals surface area contributed by atoms with Crippen molar-refractivity contribution >= 4 is 11.8 Å². The minimum Gasteiger partial charge on any atom is -0.342 e. The highest BCUT2D eigenvalue weighted by Gasteiger charge is 2.49. The number of nitrogens with zero attached hydrogens (tertiary/aromatic N) is 1. The molecule has 0 aromatic carbocycles. The van der Waals surface area contributed by atoms with Crippen LogP contribution in [0.25, 0.3) is 0 Å². The van der Waals surface area contributed by atoms with E-state index in [4.69, 9.17) is 0 Å². The summed E-state index contributed by atoms with van der Waals surface area (Å²) in [4.78, 5) is 27.2. The maximum Gasteiger partial charge on any atom is 0.246 e. The number of carbonyl (C=O) groups excluding carboxylic acids is 2. The van der Waals surface area contributed by atoms with E-state index in [1.54, 1.807) is 0 Å². The molecule has 20 heavy (non-hydrogen) atoms. The largest absolute Gasteiger partial charge is 0.342 e. The highest BCUT2D eigenvalue weighted by Crippen LogP contribution is 2.33. The van der Waals surface area contributed by atoms with Gasteiger partial charge in [0, 0.05) is 6.54 Å². The Morgan fingerprint density at radius 2 is 2.00 bits per heavy atom. The third kappa shape index (κ3) is 2.45. The van der Waals surface area contributed by atoms with Crippen molar-refractivity contribution in [2.24, 2.45) is 11.8 Å². The van der Waals surface area contributed by atoms with Crippen LogP contribution in [0.2, 0.25) is 0 Å². The molecular weight excluding hydrogens is 252 g/mol. The molecule has 0 radical (unpaired) electrons. The van der Waals surface area contributed by atoms with Gasteiger partial charge in [0.15, 0.2) is 0 Å². The molecule has 3 atom stereocenters. The van der Waals surface area contributed by atoms with Crippen LogP contribution in [0.15, 0.2) is 0 Å². The van der Waals surface area contributed by atoms with Crippen LogP contribution in [0, 0.1) is 11.8 Å². The van der Waals surface area contributed by atoms with Gasteiger partial charge in [-0.25, -0.2) is 0 Å². The molecule has 2 aliphatic rings. The number of piperazine rings is 1. The zero-order valence-corrected chi connectivity index (χ0v) is 13.2. The molecule has 0 aromatic heterocycles. The van der Waals surface area contributed by atoms with E-state index in [9.17, 15) is 9.59 Å². The second kappa shape index (κ2) is 5.74. The minimum absolute atomic E-state index is 0.0178. The lowest BCUT2D eigenvalue weighted by Crippen LogP contribution is -2.71. The van der Waals surface area contributed by atoms with Crippen LogP contribution in [0.4, 0.5) is 0 Å². The van der Waals surface area contributed by atoms with Gasteiger partial charge < -0.3 is 10.2 Å². The highest BCUT2D eigenvalue weighted by molar-refractivity contribution is 5.99. The SMILES string of the molecule is CCC(C)C1NC(=O)C(C)(CC)N(CC2CCC2)C1=O. The first kappa shape index (κ1) is 15.3. The number of amides is 2. The van der Waals surface area contributed by atoms with Crippen LogP contribution < -0.4 is 5.32 Å². The summed E-state index contributed by atoms with van der Waals surface area (Å²) in [6.45, 7) is 8.76. The Hall–Kier alpha value is -1.06. The Kier molecular flexibility index (Phi) is 4.40. The summed E-state index contributed by atoms with van der Waals surface area (Å²) in [5, 5.41) is 2.97. The monoisotopic (exact) mass is 280 g/mol. The van der Waals surface area contributed by atoms with Crippen molar-refractivity contribution in [3.05, 3.63) is 0 Å². The fourth-order valence-electron chi connectivity index (χ4n) is 3.09. The smallest absolute Gasteiger partial charge is 0.246 e. The number of hydrogen-bond donors (Lipinski definition) is 1. The molecule has 4 nitrogen and oxygen atoms in total. The molecule has 1 saturated carbocycles. The summed E-state index contributed by atoms with van der Waals surface area (Å²) < 4.78 is 0. The van der Waals surface area contributed by atoms with E-state index in [2.05, 4.69) is 12.2 Å². The first-order valence-corrected chi connectivity index (χ1v) is 8.06. The number of rotatable bonds is 5. The predicted octanol–water partition coefficient (Wildman–Crippen LogP) is 2.33. The van der Waals surface area contributed by atoms with Crippen LogP contribution in [-0.2, 0) is 9.59 Å². The van der Waals surface area contributed by atoms with Gasteiger partial charge in [-0.05, 0) is 38.0 Å². The van der Waals surface area contributed by atoms with Gasteiger partial charge in [0.1, 0.15) is 11.6 Å². The molecule has 0 bridgehead atoms. The summed E-state index contributed by atoms with van der Waals surface area (Å²) >= 11 is 0. The Balaban J connectivity index is 2.23. The average molecular weight is 280 g/mol. The van der Waals surface area contributed by atoms with E-state index in [0.29, 0.717) is 12.3 Å². The third-order valence-electron chi connectivity index (χ3n) is 5.47. The first-order chi connectivity index (χ1) is 9.43.